The number of nitrogens with zero attached hydrogens (tertiary/aromatic N) is 2. The van der Waals surface area contributed by atoms with Gasteiger partial charge in [0.1, 0.15) is 23.2 Å². The van der Waals surface area contributed by atoms with E-state index < -0.39 is 49.6 Å². The van der Waals surface area contributed by atoms with E-state index in [1.807, 2.05) is 58.0 Å². The second kappa shape index (κ2) is 18.0. The molecule has 3 fully saturated rings. The molecule has 61 heavy (non-hydrogen) atoms. The van der Waals surface area contributed by atoms with Gasteiger partial charge >= 0.3 is 5.97 Å². The van der Waals surface area contributed by atoms with Crippen LogP contribution in [0.1, 0.15) is 129 Å². The summed E-state index contributed by atoms with van der Waals surface area (Å²) in [5.41, 5.74) is 0.423. The molecule has 1 aromatic carbocycles. The average molecular weight is 864 g/mol. The Kier molecular flexibility index (Phi) is 13.3. The van der Waals surface area contributed by atoms with Crippen molar-refractivity contribution in [3.8, 4) is 11.5 Å². The minimum Gasteiger partial charge on any atom is -0.493 e. The standard InChI is InChI=1S/C47H65N3O10S/c1-7-37-42-35(36-25-34(16-17-38(36)48-37)58-23-13-22-57-6)18-19-46(60-42)27-39-40(51)28-47(44(54)49-61(55,56)45(5)20-21-45)26-33(47)15-12-10-8-9-11-14-32(43(53)50(39)29-46)24-41(52)59-31(4)30(2)3/h12,15-17,25,30-33,39H,7-11,13-14,18-24,26-29H2,1-6H3,(H,49,54)/b15-12-/t31-,32+,33+,39-,46+,47+/m0/s1. The van der Waals surface area contributed by atoms with Crippen LogP contribution in [0.25, 0.3) is 10.9 Å². The lowest BCUT2D eigenvalue weighted by atomic mass is 9.85. The second-order valence-corrected chi connectivity index (χ2v) is 21.2. The van der Waals surface area contributed by atoms with Gasteiger partial charge in [0.25, 0.3) is 0 Å². The van der Waals surface area contributed by atoms with Crippen molar-refractivity contribution in [1.29, 1.82) is 0 Å². The normalized spacial score (nSPS) is 28.4. The van der Waals surface area contributed by atoms with Gasteiger partial charge in [-0.1, -0.05) is 45.8 Å². The number of hydrogen-bond acceptors (Lipinski definition) is 11. The van der Waals surface area contributed by atoms with Crippen LogP contribution in [0.2, 0.25) is 0 Å². The highest BCUT2D eigenvalue weighted by Gasteiger charge is 2.63. The van der Waals surface area contributed by atoms with E-state index in [4.69, 9.17) is 23.9 Å². The van der Waals surface area contributed by atoms with Crippen LogP contribution in [0, 0.1) is 23.2 Å². The Balaban J connectivity index is 1.22. The Morgan fingerprint density at radius 3 is 2.57 bits per heavy atom. The SMILES string of the molecule is CCc1nc2ccc(OCCCOC)cc2c2c1O[C@]1(CC2)C[C@H]2C(=O)C[C@]3(C(=O)NS(=O)(=O)C4(C)CC4)C[C@H]3/C=C\CCCCC[C@H](CC(=O)O[C@@H](C)C(C)C)C(=O)N2C1. The van der Waals surface area contributed by atoms with Crippen molar-refractivity contribution in [3.05, 3.63) is 41.6 Å². The van der Waals surface area contributed by atoms with E-state index in [-0.39, 0.29) is 55.4 Å². The molecule has 4 heterocycles. The molecule has 1 N–H and O–H groups in total. The number of nitrogens with one attached hydrogen (secondary N) is 1. The van der Waals surface area contributed by atoms with E-state index in [9.17, 15) is 22.8 Å². The van der Waals surface area contributed by atoms with E-state index in [1.54, 1.807) is 18.9 Å². The monoisotopic (exact) mass is 863 g/mol. The van der Waals surface area contributed by atoms with Gasteiger partial charge in [-0.15, -0.1) is 0 Å². The zero-order chi connectivity index (χ0) is 43.7. The highest BCUT2D eigenvalue weighted by atomic mass is 32.2. The number of aromatic nitrogens is 1. The molecule has 2 aromatic rings. The summed E-state index contributed by atoms with van der Waals surface area (Å²) in [5, 5.41) is 0.927. The Morgan fingerprint density at radius 1 is 1.07 bits per heavy atom. The first-order valence-corrected chi connectivity index (χ1v) is 24.0. The van der Waals surface area contributed by atoms with E-state index in [1.165, 1.54) is 0 Å². The number of ketones is 1. The van der Waals surface area contributed by atoms with Gasteiger partial charge in [-0.3, -0.25) is 23.9 Å². The Bertz CT molecular complexity index is 2150. The van der Waals surface area contributed by atoms with Crippen molar-refractivity contribution in [2.24, 2.45) is 23.2 Å². The number of sulfonamides is 1. The van der Waals surface area contributed by atoms with Crippen LogP contribution in [0.3, 0.4) is 0 Å². The van der Waals surface area contributed by atoms with Gasteiger partial charge in [-0.25, -0.2) is 13.4 Å². The summed E-state index contributed by atoms with van der Waals surface area (Å²) in [6, 6.07) is 4.93. The largest absolute Gasteiger partial charge is 0.493 e. The van der Waals surface area contributed by atoms with Crippen LogP contribution in [0.4, 0.5) is 0 Å². The van der Waals surface area contributed by atoms with E-state index in [2.05, 4.69) is 4.72 Å². The number of Topliss-reactive ketones (excluding diaryl/α,β-unsaturated/α-hetero) is 1. The third-order valence-corrected chi connectivity index (χ3v) is 16.3. The van der Waals surface area contributed by atoms with E-state index >= 15 is 4.79 Å². The van der Waals surface area contributed by atoms with Crippen molar-refractivity contribution in [2.75, 3.05) is 26.9 Å². The fraction of sp³-hybridized carbons (Fsp3) is 0.681. The molecule has 6 atom stereocenters. The molecular formula is C47H65N3O10S. The lowest BCUT2D eigenvalue weighted by molar-refractivity contribution is -0.155. The molecule has 334 valence electrons. The molecule has 0 radical (unpaired) electrons. The third-order valence-electron chi connectivity index (χ3n) is 14.1. The number of pyridine rings is 1. The van der Waals surface area contributed by atoms with Crippen molar-refractivity contribution in [1.82, 2.24) is 14.6 Å². The van der Waals surface area contributed by atoms with Crippen molar-refractivity contribution >= 4 is 44.5 Å². The molecule has 14 heteroatoms. The van der Waals surface area contributed by atoms with Gasteiger partial charge in [0, 0.05) is 49.8 Å². The number of allylic oxidation sites excluding steroid dienone is 2. The number of amides is 2. The maximum absolute atomic E-state index is 15.0. The molecule has 1 saturated heterocycles. The fourth-order valence-electron chi connectivity index (χ4n) is 9.36. The number of hydrogen-bond donors (Lipinski definition) is 1. The molecule has 1 spiro atoms. The minimum atomic E-state index is -3.95. The lowest BCUT2D eigenvalue weighted by Crippen LogP contribution is -2.48. The van der Waals surface area contributed by atoms with Crippen LogP contribution in [0.5, 0.6) is 11.5 Å². The van der Waals surface area contributed by atoms with Crippen LogP contribution in [-0.2, 0) is 51.5 Å². The number of esters is 1. The Morgan fingerprint density at radius 2 is 1.85 bits per heavy atom. The number of aryl methyl sites for hydroxylation is 2. The number of methoxy groups -OCH3 is 1. The highest BCUT2D eigenvalue weighted by molar-refractivity contribution is 7.91. The zero-order valence-corrected chi connectivity index (χ0v) is 37.7. The van der Waals surface area contributed by atoms with Crippen LogP contribution in [-0.4, -0.2) is 91.2 Å². The number of fused-ring (bicyclic) bond motifs is 5. The number of ether oxygens (including phenoxy) is 4. The van der Waals surface area contributed by atoms with Gasteiger partial charge in [0.15, 0.2) is 5.78 Å². The molecular weight excluding hydrogens is 799 g/mol. The Labute approximate surface area is 361 Å². The summed E-state index contributed by atoms with van der Waals surface area (Å²) in [4.78, 5) is 64.1. The summed E-state index contributed by atoms with van der Waals surface area (Å²) in [6.07, 6.45) is 10.8. The van der Waals surface area contributed by atoms with Gasteiger partial charge < -0.3 is 23.8 Å². The highest BCUT2D eigenvalue weighted by Crippen LogP contribution is 2.58. The van der Waals surface area contributed by atoms with Gasteiger partial charge in [0.05, 0.1) is 47.0 Å². The maximum Gasteiger partial charge on any atom is 0.306 e. The first-order chi connectivity index (χ1) is 29.0. The van der Waals surface area contributed by atoms with Crippen molar-refractivity contribution in [2.45, 2.75) is 153 Å². The first-order valence-electron chi connectivity index (χ1n) is 22.6. The van der Waals surface area contributed by atoms with Gasteiger partial charge in [0.2, 0.25) is 21.8 Å². The smallest absolute Gasteiger partial charge is 0.306 e. The summed E-state index contributed by atoms with van der Waals surface area (Å²) in [5.74, 6) is -1.27. The number of benzene rings is 1. The molecule has 1 aromatic heterocycles. The van der Waals surface area contributed by atoms with Crippen LogP contribution in [0.15, 0.2) is 30.4 Å². The van der Waals surface area contributed by atoms with Crippen LogP contribution >= 0.6 is 0 Å². The van der Waals surface area contributed by atoms with E-state index in [0.29, 0.717) is 70.3 Å². The minimum absolute atomic E-state index is 0.102. The summed E-state index contributed by atoms with van der Waals surface area (Å²) in [7, 11) is -2.29. The van der Waals surface area contributed by atoms with Crippen molar-refractivity contribution in [3.63, 3.8) is 0 Å². The number of carbonyl (C=O) groups is 4. The molecule has 0 unspecified atom stereocenters. The Hall–Kier alpha value is -4.04. The molecule has 3 aliphatic heterocycles. The van der Waals surface area contributed by atoms with Gasteiger partial charge in [-0.05, 0) is 102 Å². The second-order valence-electron chi connectivity index (χ2n) is 19.0. The fourth-order valence-corrected chi connectivity index (χ4v) is 10.7. The summed E-state index contributed by atoms with van der Waals surface area (Å²) < 4.78 is 52.1. The predicted molar refractivity (Wildman–Crippen MR) is 230 cm³/mol. The third kappa shape index (κ3) is 9.50. The average Bonchev–Trinajstić information content (AvgIpc) is 4.12. The summed E-state index contributed by atoms with van der Waals surface area (Å²) in [6.45, 7) is 10.7. The van der Waals surface area contributed by atoms with E-state index in [0.717, 1.165) is 53.6 Å². The molecule has 2 aliphatic carbocycles. The van der Waals surface area contributed by atoms with Gasteiger partial charge in [-0.2, -0.15) is 0 Å². The topological polar surface area (TPSA) is 167 Å². The zero-order valence-electron chi connectivity index (χ0n) is 36.9. The predicted octanol–water partition coefficient (Wildman–Crippen LogP) is 6.96. The molecule has 0 bridgehead atoms. The molecule has 13 nitrogen and oxygen atoms in total. The molecule has 2 amide bonds. The number of carbonyl (C=O) groups excluding carboxylic acids is 4. The summed E-state index contributed by atoms with van der Waals surface area (Å²) >= 11 is 0. The van der Waals surface area contributed by atoms with Crippen molar-refractivity contribution < 1.29 is 46.5 Å². The maximum atomic E-state index is 15.0. The first kappa shape index (κ1) is 45.0. The quantitative estimate of drug-likeness (QED) is 0.126. The molecule has 7 rings (SSSR count). The number of rotatable bonds is 13. The van der Waals surface area contributed by atoms with Crippen LogP contribution < -0.4 is 14.2 Å². The molecule has 2 saturated carbocycles. The molecule has 5 aliphatic rings. The lowest BCUT2D eigenvalue weighted by Gasteiger charge is -2.37.